The summed E-state index contributed by atoms with van der Waals surface area (Å²) < 4.78 is 5.60. The van der Waals surface area contributed by atoms with Crippen LogP contribution in [-0.4, -0.2) is 60.9 Å². The van der Waals surface area contributed by atoms with E-state index < -0.39 is 0 Å². The van der Waals surface area contributed by atoms with E-state index in [0.29, 0.717) is 26.2 Å². The molecule has 3 atom stereocenters. The van der Waals surface area contributed by atoms with Crippen LogP contribution in [-0.2, 0) is 16.0 Å². The zero-order valence-electron chi connectivity index (χ0n) is 14.8. The van der Waals surface area contributed by atoms with Gasteiger partial charge < -0.3 is 14.7 Å². The summed E-state index contributed by atoms with van der Waals surface area (Å²) in [5, 5.41) is 10.4. The highest BCUT2D eigenvalue weighted by Crippen LogP contribution is 2.31. The molecule has 1 aromatic carbocycles. The number of hydrogen-bond acceptors (Lipinski definition) is 4. The number of ether oxygens (including phenoxy) is 1. The largest absolute Gasteiger partial charge is 0.393 e. The number of para-hydroxylation sites is 1. The molecule has 3 aliphatic rings. The molecule has 0 aliphatic carbocycles. The van der Waals surface area contributed by atoms with Crippen LogP contribution in [0.15, 0.2) is 24.3 Å². The first-order valence-corrected chi connectivity index (χ1v) is 9.62. The number of carbonyl (C=O) groups excluding carboxylic acids is 1. The van der Waals surface area contributed by atoms with Crippen molar-refractivity contribution in [1.29, 1.82) is 0 Å². The third kappa shape index (κ3) is 3.46. The Hall–Kier alpha value is -1.43. The quantitative estimate of drug-likeness (QED) is 0.909. The summed E-state index contributed by atoms with van der Waals surface area (Å²) >= 11 is 0. The van der Waals surface area contributed by atoms with Gasteiger partial charge in [-0.05, 0) is 50.3 Å². The number of likely N-dealkylation sites (tertiary alicyclic amines) is 1. The zero-order valence-corrected chi connectivity index (χ0v) is 14.8. The molecule has 0 bridgehead atoms. The molecule has 5 nitrogen and oxygen atoms in total. The third-order valence-electron chi connectivity index (χ3n) is 6.02. The van der Waals surface area contributed by atoms with E-state index in [1.54, 1.807) is 0 Å². The van der Waals surface area contributed by atoms with Gasteiger partial charge in [0.25, 0.3) is 0 Å². The van der Waals surface area contributed by atoms with Gasteiger partial charge in [-0.3, -0.25) is 9.69 Å². The molecular formula is C20H28N2O3. The molecule has 5 heteroatoms. The number of aryl methyl sites for hydroxylation is 1. The van der Waals surface area contributed by atoms with E-state index >= 15 is 0 Å². The molecule has 136 valence electrons. The second kappa shape index (κ2) is 7.44. The van der Waals surface area contributed by atoms with Crippen LogP contribution in [0.25, 0.3) is 0 Å². The smallest absolute Gasteiger partial charge is 0.241 e. The highest BCUT2D eigenvalue weighted by atomic mass is 16.5. The normalized spacial score (nSPS) is 30.3. The van der Waals surface area contributed by atoms with Crippen molar-refractivity contribution in [3.05, 3.63) is 29.8 Å². The second-order valence-electron chi connectivity index (χ2n) is 7.55. The van der Waals surface area contributed by atoms with E-state index in [9.17, 15) is 9.90 Å². The number of anilines is 1. The van der Waals surface area contributed by atoms with E-state index in [0.717, 1.165) is 44.5 Å². The van der Waals surface area contributed by atoms with Gasteiger partial charge in [0.05, 0.1) is 19.3 Å². The molecule has 25 heavy (non-hydrogen) atoms. The van der Waals surface area contributed by atoms with Gasteiger partial charge in [0.1, 0.15) is 0 Å². The number of amides is 1. The average Bonchev–Trinajstić information content (AvgIpc) is 3.09. The average molecular weight is 344 g/mol. The maximum absolute atomic E-state index is 13.0. The summed E-state index contributed by atoms with van der Waals surface area (Å²) in [6, 6.07) is 8.52. The van der Waals surface area contributed by atoms with Crippen molar-refractivity contribution in [2.45, 2.75) is 44.2 Å². The van der Waals surface area contributed by atoms with Gasteiger partial charge in [0, 0.05) is 30.8 Å². The topological polar surface area (TPSA) is 53.0 Å². The molecule has 3 heterocycles. The van der Waals surface area contributed by atoms with Crippen LogP contribution < -0.4 is 4.90 Å². The van der Waals surface area contributed by atoms with Crippen LogP contribution in [0.2, 0.25) is 0 Å². The molecule has 3 unspecified atom stereocenters. The molecule has 0 spiro atoms. The first-order valence-electron chi connectivity index (χ1n) is 9.62. The molecule has 4 rings (SSSR count). The number of nitrogens with zero attached hydrogens (tertiary/aromatic N) is 2. The lowest BCUT2D eigenvalue weighted by Crippen LogP contribution is -2.50. The lowest BCUT2D eigenvalue weighted by Gasteiger charge is -2.38. The highest BCUT2D eigenvalue weighted by Gasteiger charge is 2.38. The molecule has 0 saturated carbocycles. The first kappa shape index (κ1) is 17.0. The fourth-order valence-electron chi connectivity index (χ4n) is 4.70. The molecule has 1 N–H and O–H groups in total. The minimum atomic E-state index is -0.301. The fourth-order valence-corrected chi connectivity index (χ4v) is 4.70. The Morgan fingerprint density at radius 3 is 2.96 bits per heavy atom. The van der Waals surface area contributed by atoms with E-state index in [4.69, 9.17) is 4.74 Å². The summed E-state index contributed by atoms with van der Waals surface area (Å²) in [6.45, 7) is 3.46. The Balaban J connectivity index is 1.45. The van der Waals surface area contributed by atoms with Crippen molar-refractivity contribution < 1.29 is 14.6 Å². The molecule has 0 radical (unpaired) electrons. The maximum atomic E-state index is 13.0. The van der Waals surface area contributed by atoms with E-state index in [-0.39, 0.29) is 24.0 Å². The van der Waals surface area contributed by atoms with Gasteiger partial charge in [0.15, 0.2) is 0 Å². The Kier molecular flexibility index (Phi) is 5.06. The number of benzene rings is 1. The van der Waals surface area contributed by atoms with Crippen molar-refractivity contribution in [2.75, 3.05) is 37.7 Å². The van der Waals surface area contributed by atoms with E-state index in [1.807, 2.05) is 17.0 Å². The number of fused-ring (bicyclic) bond motifs is 1. The van der Waals surface area contributed by atoms with Crippen LogP contribution in [0.1, 0.15) is 31.2 Å². The number of hydrogen-bond donors (Lipinski definition) is 1. The summed E-state index contributed by atoms with van der Waals surface area (Å²) in [5.74, 6) is 0.322. The number of carbonyl (C=O) groups is 1. The van der Waals surface area contributed by atoms with Gasteiger partial charge in [-0.2, -0.15) is 0 Å². The Bertz CT molecular complexity index is 621. The monoisotopic (exact) mass is 344 g/mol. The Morgan fingerprint density at radius 1 is 1.20 bits per heavy atom. The van der Waals surface area contributed by atoms with Crippen molar-refractivity contribution in [2.24, 2.45) is 5.92 Å². The first-order chi connectivity index (χ1) is 12.2. The Morgan fingerprint density at radius 2 is 2.08 bits per heavy atom. The van der Waals surface area contributed by atoms with Crippen molar-refractivity contribution >= 4 is 11.6 Å². The van der Waals surface area contributed by atoms with Gasteiger partial charge in [0.2, 0.25) is 5.91 Å². The van der Waals surface area contributed by atoms with Crippen LogP contribution >= 0.6 is 0 Å². The van der Waals surface area contributed by atoms with E-state index in [2.05, 4.69) is 17.0 Å². The third-order valence-corrected chi connectivity index (χ3v) is 6.02. The molecule has 2 saturated heterocycles. The lowest BCUT2D eigenvalue weighted by atomic mass is 9.89. The predicted molar refractivity (Wildman–Crippen MR) is 96.6 cm³/mol. The van der Waals surface area contributed by atoms with Crippen LogP contribution in [0.5, 0.6) is 0 Å². The molecule has 2 fully saturated rings. The highest BCUT2D eigenvalue weighted by molar-refractivity contribution is 5.96. The maximum Gasteiger partial charge on any atom is 0.241 e. The molecule has 1 amide bonds. The number of aliphatic hydroxyl groups is 1. The van der Waals surface area contributed by atoms with Gasteiger partial charge in [-0.1, -0.05) is 18.2 Å². The molecule has 0 aromatic heterocycles. The molecular weight excluding hydrogens is 316 g/mol. The minimum absolute atomic E-state index is 0.137. The van der Waals surface area contributed by atoms with Crippen LogP contribution in [0.4, 0.5) is 5.69 Å². The van der Waals surface area contributed by atoms with Crippen molar-refractivity contribution in [3.8, 4) is 0 Å². The van der Waals surface area contributed by atoms with Gasteiger partial charge in [-0.25, -0.2) is 0 Å². The minimum Gasteiger partial charge on any atom is -0.393 e. The number of aliphatic hydroxyl groups excluding tert-OH is 1. The molecule has 1 aromatic rings. The van der Waals surface area contributed by atoms with Gasteiger partial charge in [-0.15, -0.1) is 0 Å². The van der Waals surface area contributed by atoms with Crippen molar-refractivity contribution in [1.82, 2.24) is 4.90 Å². The standard InChI is InChI=1S/C20H28N2O3/c23-19-9-12-25-14-16(19)18-8-4-10-21(18)13-20(24)22-11-3-6-15-5-1-2-7-17(15)22/h1-2,5,7,16,18-19,23H,3-4,6,8-14H2. The summed E-state index contributed by atoms with van der Waals surface area (Å²) in [4.78, 5) is 17.3. The van der Waals surface area contributed by atoms with Crippen LogP contribution in [0, 0.1) is 5.92 Å². The summed E-state index contributed by atoms with van der Waals surface area (Å²) in [6.07, 6.45) is 4.64. The summed E-state index contributed by atoms with van der Waals surface area (Å²) in [7, 11) is 0. The van der Waals surface area contributed by atoms with E-state index in [1.165, 1.54) is 5.56 Å². The van der Waals surface area contributed by atoms with Crippen LogP contribution in [0.3, 0.4) is 0 Å². The lowest BCUT2D eigenvalue weighted by molar-refractivity contribution is -0.121. The second-order valence-corrected chi connectivity index (χ2v) is 7.55. The number of rotatable bonds is 3. The fraction of sp³-hybridized carbons (Fsp3) is 0.650. The van der Waals surface area contributed by atoms with Gasteiger partial charge >= 0.3 is 0 Å². The predicted octanol–water partition coefficient (Wildman–Crippen LogP) is 1.83. The SMILES string of the molecule is O=C(CN1CCCC1C1COCCC1O)N1CCCc2ccccc21. The summed E-state index contributed by atoms with van der Waals surface area (Å²) in [5.41, 5.74) is 2.35. The Labute approximate surface area is 149 Å². The molecule has 3 aliphatic heterocycles. The zero-order chi connectivity index (χ0) is 17.2. The van der Waals surface area contributed by atoms with Crippen molar-refractivity contribution in [3.63, 3.8) is 0 Å².